The Morgan fingerprint density at radius 2 is 2.00 bits per heavy atom. The molecular weight excluding hydrogens is 318 g/mol. The highest BCUT2D eigenvalue weighted by atomic mass is 16.5. The zero-order valence-corrected chi connectivity index (χ0v) is 15.0. The van der Waals surface area contributed by atoms with Gasteiger partial charge in [0.25, 0.3) is 0 Å². The zero-order valence-electron chi connectivity index (χ0n) is 15.0. The number of likely N-dealkylation sites (tertiary alicyclic amines) is 1. The number of ether oxygens (including phenoxy) is 1. The van der Waals surface area contributed by atoms with Crippen molar-refractivity contribution in [3.8, 4) is 5.75 Å². The van der Waals surface area contributed by atoms with Gasteiger partial charge in [0.05, 0.1) is 19.1 Å². The van der Waals surface area contributed by atoms with Gasteiger partial charge in [0.1, 0.15) is 5.75 Å². The van der Waals surface area contributed by atoms with E-state index in [0.29, 0.717) is 6.54 Å². The van der Waals surface area contributed by atoms with E-state index in [1.54, 1.807) is 11.9 Å². The maximum absolute atomic E-state index is 12.6. The maximum Gasteiger partial charge on any atom is 0.239 e. The van der Waals surface area contributed by atoms with Crippen LogP contribution in [0.15, 0.2) is 24.3 Å². The lowest BCUT2D eigenvalue weighted by Crippen LogP contribution is -2.52. The second-order valence-corrected chi connectivity index (χ2v) is 6.99. The molecule has 0 bridgehead atoms. The van der Waals surface area contributed by atoms with Crippen LogP contribution in [0.2, 0.25) is 0 Å². The van der Waals surface area contributed by atoms with E-state index in [0.717, 1.165) is 38.3 Å². The van der Waals surface area contributed by atoms with Gasteiger partial charge in [-0.1, -0.05) is 19.1 Å². The smallest absolute Gasteiger partial charge is 0.239 e. The molecule has 1 N–H and O–H groups in total. The van der Waals surface area contributed by atoms with Gasteiger partial charge in [-0.2, -0.15) is 0 Å². The van der Waals surface area contributed by atoms with Crippen LogP contribution in [-0.2, 0) is 16.1 Å². The van der Waals surface area contributed by atoms with Crippen LogP contribution >= 0.6 is 0 Å². The first-order valence-corrected chi connectivity index (χ1v) is 9.05. The molecule has 2 saturated heterocycles. The lowest BCUT2D eigenvalue weighted by molar-refractivity contribution is -0.136. The highest BCUT2D eigenvalue weighted by Gasteiger charge is 2.39. The molecule has 2 heterocycles. The number of piperidine rings is 1. The fraction of sp³-hybridized carbons (Fsp3) is 0.579. The van der Waals surface area contributed by atoms with Gasteiger partial charge in [-0.25, -0.2) is 0 Å². The molecule has 6 nitrogen and oxygen atoms in total. The minimum atomic E-state index is -0.155. The Kier molecular flexibility index (Phi) is 5.58. The predicted molar refractivity (Wildman–Crippen MR) is 95.2 cm³/mol. The SMILES string of the molecule is CCCOc1ccc(CN2CC[C@H]3NC(=O)CN(C)C(=O)[C@H]3C2)cc1. The van der Waals surface area contributed by atoms with E-state index in [-0.39, 0.29) is 30.3 Å². The number of carbonyl (C=O) groups is 2. The number of carbonyl (C=O) groups excluding carboxylic acids is 2. The molecule has 2 atom stereocenters. The van der Waals surface area contributed by atoms with Crippen LogP contribution in [0.25, 0.3) is 0 Å². The van der Waals surface area contributed by atoms with Crippen molar-refractivity contribution in [2.75, 3.05) is 33.3 Å². The van der Waals surface area contributed by atoms with Crippen LogP contribution in [0.1, 0.15) is 25.3 Å². The molecule has 2 aliphatic rings. The second-order valence-electron chi connectivity index (χ2n) is 6.99. The fourth-order valence-electron chi connectivity index (χ4n) is 3.58. The van der Waals surface area contributed by atoms with Crippen LogP contribution in [0, 0.1) is 5.92 Å². The standard InChI is InChI=1S/C19H27N3O3/c1-3-10-25-15-6-4-14(5-7-15)11-22-9-8-17-16(12-22)19(24)21(2)13-18(23)20-17/h4-7,16-17H,3,8-13H2,1-2H3,(H,20,23)/t16-,17+/m0/s1. The van der Waals surface area contributed by atoms with E-state index in [9.17, 15) is 9.59 Å². The van der Waals surface area contributed by atoms with Crippen molar-refractivity contribution in [2.24, 2.45) is 5.92 Å². The summed E-state index contributed by atoms with van der Waals surface area (Å²) < 4.78 is 5.62. The van der Waals surface area contributed by atoms with E-state index in [2.05, 4.69) is 29.3 Å². The normalized spacial score (nSPS) is 24.5. The molecule has 0 saturated carbocycles. The number of fused-ring (bicyclic) bond motifs is 1. The topological polar surface area (TPSA) is 61.9 Å². The van der Waals surface area contributed by atoms with E-state index in [1.165, 1.54) is 5.56 Å². The van der Waals surface area contributed by atoms with Crippen LogP contribution in [0.3, 0.4) is 0 Å². The number of benzene rings is 1. The molecule has 136 valence electrons. The molecule has 0 radical (unpaired) electrons. The molecule has 0 aromatic heterocycles. The third-order valence-electron chi connectivity index (χ3n) is 4.92. The Bertz CT molecular complexity index is 617. The molecule has 0 unspecified atom stereocenters. The van der Waals surface area contributed by atoms with Crippen molar-refractivity contribution in [2.45, 2.75) is 32.4 Å². The van der Waals surface area contributed by atoms with Gasteiger partial charge < -0.3 is 15.0 Å². The number of rotatable bonds is 5. The highest BCUT2D eigenvalue weighted by Crippen LogP contribution is 2.23. The molecule has 0 aliphatic carbocycles. The number of hydrogen-bond acceptors (Lipinski definition) is 4. The van der Waals surface area contributed by atoms with E-state index in [1.807, 2.05) is 12.1 Å². The van der Waals surface area contributed by atoms with Crippen molar-refractivity contribution in [1.82, 2.24) is 15.1 Å². The van der Waals surface area contributed by atoms with Gasteiger partial charge in [-0.15, -0.1) is 0 Å². The molecule has 2 aliphatic heterocycles. The summed E-state index contributed by atoms with van der Waals surface area (Å²) in [5, 5.41) is 3.01. The van der Waals surface area contributed by atoms with Gasteiger partial charge in [0, 0.05) is 32.7 Å². The van der Waals surface area contributed by atoms with E-state index in [4.69, 9.17) is 4.74 Å². The summed E-state index contributed by atoms with van der Waals surface area (Å²) in [7, 11) is 1.71. The van der Waals surface area contributed by atoms with Crippen molar-refractivity contribution in [3.05, 3.63) is 29.8 Å². The summed E-state index contributed by atoms with van der Waals surface area (Å²) in [4.78, 5) is 28.2. The molecule has 2 amide bonds. The number of likely N-dealkylation sites (N-methyl/N-ethyl adjacent to an activating group) is 1. The van der Waals surface area contributed by atoms with Gasteiger partial charge in [-0.05, 0) is 30.5 Å². The Morgan fingerprint density at radius 3 is 2.72 bits per heavy atom. The molecule has 1 aromatic rings. The summed E-state index contributed by atoms with van der Waals surface area (Å²) in [6.45, 7) is 5.35. The van der Waals surface area contributed by atoms with Crippen LogP contribution in [0.5, 0.6) is 5.75 Å². The minimum absolute atomic E-state index is 0.0361. The average Bonchev–Trinajstić information content (AvgIpc) is 2.71. The van der Waals surface area contributed by atoms with Gasteiger partial charge in [0.2, 0.25) is 11.8 Å². The van der Waals surface area contributed by atoms with E-state index < -0.39 is 0 Å². The van der Waals surface area contributed by atoms with Crippen molar-refractivity contribution < 1.29 is 14.3 Å². The summed E-state index contributed by atoms with van der Waals surface area (Å²) in [5.41, 5.74) is 1.21. The zero-order chi connectivity index (χ0) is 17.8. The van der Waals surface area contributed by atoms with Crippen LogP contribution in [0.4, 0.5) is 0 Å². The lowest BCUT2D eigenvalue weighted by atomic mass is 9.91. The first-order valence-electron chi connectivity index (χ1n) is 9.05. The predicted octanol–water partition coefficient (Wildman–Crippen LogP) is 1.25. The molecule has 25 heavy (non-hydrogen) atoms. The van der Waals surface area contributed by atoms with Crippen molar-refractivity contribution in [1.29, 1.82) is 0 Å². The third kappa shape index (κ3) is 4.31. The molecular formula is C19H27N3O3. The quantitative estimate of drug-likeness (QED) is 0.873. The first-order chi connectivity index (χ1) is 12.1. The van der Waals surface area contributed by atoms with Gasteiger partial charge >= 0.3 is 0 Å². The van der Waals surface area contributed by atoms with E-state index >= 15 is 0 Å². The Labute approximate surface area is 149 Å². The third-order valence-corrected chi connectivity index (χ3v) is 4.92. The summed E-state index contributed by atoms with van der Waals surface area (Å²) in [6, 6.07) is 8.14. The highest BCUT2D eigenvalue weighted by molar-refractivity contribution is 5.89. The number of nitrogens with one attached hydrogen (secondary N) is 1. The van der Waals surface area contributed by atoms with Gasteiger partial charge in [0.15, 0.2) is 0 Å². The number of amides is 2. The maximum atomic E-state index is 12.6. The Hall–Kier alpha value is -2.08. The first kappa shape index (κ1) is 17.7. The van der Waals surface area contributed by atoms with Crippen LogP contribution < -0.4 is 10.1 Å². The second kappa shape index (κ2) is 7.87. The van der Waals surface area contributed by atoms with Crippen LogP contribution in [-0.4, -0.2) is 60.9 Å². The lowest BCUT2D eigenvalue weighted by Gasteiger charge is -2.37. The molecule has 0 spiro atoms. The van der Waals surface area contributed by atoms with Crippen molar-refractivity contribution >= 4 is 11.8 Å². The largest absolute Gasteiger partial charge is 0.494 e. The Morgan fingerprint density at radius 1 is 1.24 bits per heavy atom. The minimum Gasteiger partial charge on any atom is -0.494 e. The monoisotopic (exact) mass is 345 g/mol. The number of hydrogen-bond donors (Lipinski definition) is 1. The molecule has 3 rings (SSSR count). The molecule has 6 heteroatoms. The molecule has 2 fully saturated rings. The number of nitrogens with zero attached hydrogens (tertiary/aromatic N) is 2. The van der Waals surface area contributed by atoms with Crippen molar-refractivity contribution in [3.63, 3.8) is 0 Å². The summed E-state index contributed by atoms with van der Waals surface area (Å²) >= 11 is 0. The Balaban J connectivity index is 1.61. The molecule has 1 aromatic carbocycles. The van der Waals surface area contributed by atoms with Gasteiger partial charge in [-0.3, -0.25) is 14.5 Å². The fourth-order valence-corrected chi connectivity index (χ4v) is 3.58. The summed E-state index contributed by atoms with van der Waals surface area (Å²) in [5.74, 6) is 0.751. The average molecular weight is 345 g/mol. The summed E-state index contributed by atoms with van der Waals surface area (Å²) in [6.07, 6.45) is 1.81.